The van der Waals surface area contributed by atoms with E-state index < -0.39 is 0 Å². The van der Waals surface area contributed by atoms with E-state index in [-0.39, 0.29) is 0 Å². The zero-order valence-corrected chi connectivity index (χ0v) is 28.7. The third-order valence-corrected chi connectivity index (χ3v) is 10.6. The molecule has 0 N–H and O–H groups in total. The molecular weight excluding hydrogens is 647 g/mol. The smallest absolute Gasteiger partial charge is 0.143 e. The van der Waals surface area contributed by atoms with Crippen LogP contribution in [0, 0.1) is 0 Å². The second-order valence-electron chi connectivity index (χ2n) is 13.7. The van der Waals surface area contributed by atoms with Gasteiger partial charge in [0.15, 0.2) is 0 Å². The van der Waals surface area contributed by atoms with Crippen LogP contribution in [0.15, 0.2) is 197 Å². The third kappa shape index (κ3) is 4.82. The van der Waals surface area contributed by atoms with E-state index in [4.69, 9.17) is 8.83 Å². The fraction of sp³-hybridized carbons (Fsp3) is 0. The fourth-order valence-electron chi connectivity index (χ4n) is 8.07. The molecule has 0 spiro atoms. The predicted molar refractivity (Wildman–Crippen MR) is 222 cm³/mol. The average molecular weight is 678 g/mol. The van der Waals surface area contributed by atoms with Crippen LogP contribution in [0.25, 0.3) is 87.7 Å². The van der Waals surface area contributed by atoms with Gasteiger partial charge in [-0.15, -0.1) is 0 Å². The van der Waals surface area contributed by atoms with E-state index in [1.165, 1.54) is 32.7 Å². The Balaban J connectivity index is 1.22. The maximum atomic E-state index is 6.88. The highest BCUT2D eigenvalue weighted by molar-refractivity contribution is 6.27. The highest BCUT2D eigenvalue weighted by Gasteiger charge is 2.23. The van der Waals surface area contributed by atoms with E-state index in [1.807, 2.05) is 24.3 Å². The lowest BCUT2D eigenvalue weighted by Crippen LogP contribution is -2.10. The van der Waals surface area contributed by atoms with Gasteiger partial charge in [0.05, 0.1) is 0 Å². The molecule has 0 bridgehead atoms. The molecule has 0 radical (unpaired) electrons. The minimum absolute atomic E-state index is 0.836. The number of benzene rings is 9. The molecule has 3 heteroatoms. The normalized spacial score (nSPS) is 11.8. The lowest BCUT2D eigenvalue weighted by atomic mass is 9.97. The maximum Gasteiger partial charge on any atom is 0.143 e. The number of hydrogen-bond acceptors (Lipinski definition) is 3. The van der Waals surface area contributed by atoms with Gasteiger partial charge in [0.1, 0.15) is 22.3 Å². The Morgan fingerprint density at radius 2 is 0.906 bits per heavy atom. The first-order valence-corrected chi connectivity index (χ1v) is 18.0. The molecular formula is C50H31NO2. The number of hydrogen-bond donors (Lipinski definition) is 0. The largest absolute Gasteiger partial charge is 0.456 e. The molecule has 53 heavy (non-hydrogen) atoms. The van der Waals surface area contributed by atoms with Crippen molar-refractivity contribution < 1.29 is 8.83 Å². The second kappa shape index (κ2) is 11.7. The van der Waals surface area contributed by atoms with Crippen LogP contribution in [0.1, 0.15) is 0 Å². The molecule has 0 aliphatic heterocycles. The lowest BCUT2D eigenvalue weighted by Gasteiger charge is -2.27. The van der Waals surface area contributed by atoms with Gasteiger partial charge in [-0.1, -0.05) is 127 Å². The Morgan fingerprint density at radius 1 is 0.321 bits per heavy atom. The van der Waals surface area contributed by atoms with Crippen molar-refractivity contribution in [1.82, 2.24) is 0 Å². The van der Waals surface area contributed by atoms with E-state index in [0.29, 0.717) is 0 Å². The van der Waals surface area contributed by atoms with Crippen molar-refractivity contribution >= 4 is 82.5 Å². The second-order valence-corrected chi connectivity index (χ2v) is 13.7. The standard InChI is InChI=1S/C50H31NO2/c1-2-10-32(11-3-1)35-20-23-39(24-21-35)51(40-25-22-34-13-5-7-15-37(34)29-40)41-30-43(38-19-18-33-12-4-6-14-36(33)28-38)50-44(31-41)49-47(53-50)27-26-46-48(49)42-16-8-9-17-45(42)52-46/h1-31H. The van der Waals surface area contributed by atoms with Gasteiger partial charge in [-0.2, -0.15) is 0 Å². The average Bonchev–Trinajstić information content (AvgIpc) is 3.79. The van der Waals surface area contributed by atoms with E-state index in [1.54, 1.807) is 0 Å². The summed E-state index contributed by atoms with van der Waals surface area (Å²) in [4.78, 5) is 2.37. The van der Waals surface area contributed by atoms with Crippen molar-refractivity contribution in [1.29, 1.82) is 0 Å². The SMILES string of the molecule is c1ccc(-c2ccc(N(c3ccc4ccccc4c3)c3cc(-c4ccc5ccccc5c4)c4oc5ccc6oc7ccccc7c6c5c4c3)cc2)cc1. The van der Waals surface area contributed by atoms with Crippen molar-refractivity contribution in [2.45, 2.75) is 0 Å². The van der Waals surface area contributed by atoms with Crippen LogP contribution in [0.2, 0.25) is 0 Å². The summed E-state index contributed by atoms with van der Waals surface area (Å²) in [6.07, 6.45) is 0. The molecule has 0 aliphatic carbocycles. The number of para-hydroxylation sites is 1. The molecule has 11 aromatic rings. The van der Waals surface area contributed by atoms with Crippen molar-refractivity contribution in [2.24, 2.45) is 0 Å². The number of furan rings is 2. The first kappa shape index (κ1) is 29.6. The van der Waals surface area contributed by atoms with Crippen LogP contribution in [0.4, 0.5) is 17.1 Å². The molecule has 0 saturated carbocycles. The number of anilines is 3. The molecule has 248 valence electrons. The summed E-state index contributed by atoms with van der Waals surface area (Å²) in [5, 5.41) is 9.04. The zero-order valence-electron chi connectivity index (χ0n) is 28.7. The summed E-state index contributed by atoms with van der Waals surface area (Å²) >= 11 is 0. The monoisotopic (exact) mass is 677 g/mol. The number of fused-ring (bicyclic) bond motifs is 9. The summed E-state index contributed by atoms with van der Waals surface area (Å²) in [5.74, 6) is 0. The van der Waals surface area contributed by atoms with Crippen LogP contribution >= 0.6 is 0 Å². The molecule has 2 heterocycles. The molecule has 2 aromatic heterocycles. The zero-order chi connectivity index (χ0) is 34.9. The predicted octanol–water partition coefficient (Wildman–Crippen LogP) is 14.6. The fourth-order valence-corrected chi connectivity index (χ4v) is 8.07. The van der Waals surface area contributed by atoms with Crippen molar-refractivity contribution in [3.63, 3.8) is 0 Å². The molecule has 11 rings (SSSR count). The van der Waals surface area contributed by atoms with Crippen molar-refractivity contribution in [2.75, 3.05) is 4.90 Å². The summed E-state index contributed by atoms with van der Waals surface area (Å²) < 4.78 is 13.3. The number of rotatable bonds is 5. The quantitative estimate of drug-likeness (QED) is 0.182. The van der Waals surface area contributed by atoms with Gasteiger partial charge in [-0.3, -0.25) is 0 Å². The molecule has 9 aromatic carbocycles. The van der Waals surface area contributed by atoms with Gasteiger partial charge < -0.3 is 13.7 Å². The summed E-state index contributed by atoms with van der Waals surface area (Å²) in [6.45, 7) is 0. The lowest BCUT2D eigenvalue weighted by molar-refractivity contribution is 0.663. The molecule has 0 amide bonds. The first-order valence-electron chi connectivity index (χ1n) is 18.0. The van der Waals surface area contributed by atoms with Crippen molar-refractivity contribution in [3.8, 4) is 22.3 Å². The van der Waals surface area contributed by atoms with Gasteiger partial charge in [0.2, 0.25) is 0 Å². The summed E-state index contributed by atoms with van der Waals surface area (Å²) in [6, 6.07) is 66.9. The first-order chi connectivity index (χ1) is 26.2. The maximum absolute atomic E-state index is 6.88. The molecule has 0 unspecified atom stereocenters. The Morgan fingerprint density at radius 3 is 1.70 bits per heavy atom. The molecule has 0 aliphatic rings. The Labute approximate surface area is 305 Å². The topological polar surface area (TPSA) is 29.5 Å². The molecule has 0 saturated heterocycles. The molecule has 0 fully saturated rings. The highest BCUT2D eigenvalue weighted by Crippen LogP contribution is 2.47. The summed E-state index contributed by atoms with van der Waals surface area (Å²) in [7, 11) is 0. The van der Waals surface area contributed by atoms with Gasteiger partial charge in [-0.25, -0.2) is 0 Å². The van der Waals surface area contributed by atoms with Crippen molar-refractivity contribution in [3.05, 3.63) is 188 Å². The summed E-state index contributed by atoms with van der Waals surface area (Å²) in [5.41, 5.74) is 11.1. The molecule has 3 nitrogen and oxygen atoms in total. The van der Waals surface area contributed by atoms with Crippen LogP contribution in [0.5, 0.6) is 0 Å². The van der Waals surface area contributed by atoms with Gasteiger partial charge >= 0.3 is 0 Å². The minimum Gasteiger partial charge on any atom is -0.456 e. The Hall–Kier alpha value is -7.10. The van der Waals surface area contributed by atoms with Crippen LogP contribution in [0.3, 0.4) is 0 Å². The number of nitrogens with zero attached hydrogens (tertiary/aromatic N) is 1. The van der Waals surface area contributed by atoms with E-state index in [0.717, 1.165) is 72.1 Å². The Bertz CT molecular complexity index is 3170. The van der Waals surface area contributed by atoms with E-state index in [2.05, 4.69) is 169 Å². The van der Waals surface area contributed by atoms with Crippen LogP contribution < -0.4 is 4.90 Å². The van der Waals surface area contributed by atoms with Crippen LogP contribution in [-0.4, -0.2) is 0 Å². The Kier molecular flexibility index (Phi) is 6.55. The van der Waals surface area contributed by atoms with Crippen LogP contribution in [-0.2, 0) is 0 Å². The third-order valence-electron chi connectivity index (χ3n) is 10.6. The van der Waals surface area contributed by atoms with Gasteiger partial charge in [-0.05, 0) is 98.9 Å². The highest BCUT2D eigenvalue weighted by atomic mass is 16.3. The minimum atomic E-state index is 0.836. The van der Waals surface area contributed by atoms with Gasteiger partial charge in [0, 0.05) is 44.2 Å². The van der Waals surface area contributed by atoms with Gasteiger partial charge in [0.25, 0.3) is 0 Å². The molecule has 0 atom stereocenters. The van der Waals surface area contributed by atoms with E-state index >= 15 is 0 Å². The van der Waals surface area contributed by atoms with E-state index in [9.17, 15) is 0 Å².